The fourth-order valence-corrected chi connectivity index (χ4v) is 13.6. The van der Waals surface area contributed by atoms with Crippen molar-refractivity contribution in [3.05, 3.63) is 233 Å². The number of nitrogens with zero attached hydrogens (tertiary/aromatic N) is 2. The summed E-state index contributed by atoms with van der Waals surface area (Å²) < 4.78 is 1.12. The predicted octanol–water partition coefficient (Wildman–Crippen LogP) is 12.7. The average Bonchev–Trinajstić information content (AvgIpc) is 3.88. The first-order valence-corrected chi connectivity index (χ1v) is 27.2. The standard InChI is InChI=1S/C21H27N2.C18H15P.C15H10.2ClH.Ru/c1-14-9-16(3)20(17(4)10-14)22-7-8-23(13-22)21-18(5)11-15(2)12-19(21)6;1-4-10-16(11-5-1)19(17-12-6-2-7-13-17)18-14-8-3-9-15-18;1-2-6-12(7-3-1)15-11-10-13-8-4-5-9-14(13)15;;;/h9-13H,7-8H2,1-6H3;1-15H;1-9,11H;2*1H;/q-1;;;;;+2/p-1. The number of rotatable bonds is 6. The Balaban J connectivity index is 0.000000137. The summed E-state index contributed by atoms with van der Waals surface area (Å²) in [4.78, 5) is 4.81. The van der Waals surface area contributed by atoms with E-state index in [0.717, 1.165) is 17.2 Å². The van der Waals surface area contributed by atoms with E-state index in [1.807, 2.05) is 24.3 Å². The molecule has 1 aliphatic carbocycles. The van der Waals surface area contributed by atoms with Gasteiger partial charge in [0.15, 0.2) is 0 Å². The zero-order chi connectivity index (χ0) is 42.2. The Morgan fingerprint density at radius 1 is 0.467 bits per heavy atom. The number of anilines is 2. The molecule has 0 radical (unpaired) electrons. The average molecular weight is 933 g/mol. The second-order valence-corrected chi connectivity index (χ2v) is 23.8. The molecule has 6 heteroatoms. The van der Waals surface area contributed by atoms with E-state index in [0.29, 0.717) is 0 Å². The zero-order valence-electron chi connectivity index (χ0n) is 35.2. The smallest absolute Gasteiger partial charge is 0.0620 e. The van der Waals surface area contributed by atoms with Gasteiger partial charge in [0.25, 0.3) is 0 Å². The number of hydrogen-bond acceptors (Lipinski definition) is 2. The molecular formula is C54H53Cl2N2PRu. The van der Waals surface area contributed by atoms with Crippen LogP contribution in [0.15, 0.2) is 176 Å². The number of aryl methyl sites for hydroxylation is 6. The summed E-state index contributed by atoms with van der Waals surface area (Å²) in [5, 5.41) is 4.31. The minimum Gasteiger partial charge on any atom is -0.0620 e. The molecule has 0 amide bonds. The van der Waals surface area contributed by atoms with Crippen LogP contribution in [0.1, 0.15) is 50.1 Å². The Kier molecular flexibility index (Phi) is 14.7. The number of hydrogen-bond donors (Lipinski definition) is 0. The second kappa shape index (κ2) is 20.3. The Labute approximate surface area is 372 Å². The minimum atomic E-state index is -1.88. The molecule has 7 aromatic rings. The molecule has 0 bridgehead atoms. The maximum absolute atomic E-state index is 6.19. The Morgan fingerprint density at radius 2 is 0.817 bits per heavy atom. The predicted molar refractivity (Wildman–Crippen MR) is 263 cm³/mol. The fraction of sp³-hybridized carbons (Fsp3) is 0.148. The van der Waals surface area contributed by atoms with Crippen LogP contribution < -0.4 is 25.7 Å². The summed E-state index contributed by atoms with van der Waals surface area (Å²) in [5.41, 5.74) is 15.7. The molecule has 0 atom stereocenters. The molecule has 0 saturated carbocycles. The van der Waals surface area contributed by atoms with E-state index in [-0.39, 0.29) is 0 Å². The molecule has 306 valence electrons. The van der Waals surface area contributed by atoms with E-state index >= 15 is 0 Å². The Hall–Kier alpha value is -4.62. The maximum atomic E-state index is 6.19. The van der Waals surface area contributed by atoms with Gasteiger partial charge in [0.05, 0.1) is 7.92 Å². The summed E-state index contributed by atoms with van der Waals surface area (Å²) in [7, 11) is 11.5. The van der Waals surface area contributed by atoms with E-state index in [1.54, 1.807) is 0 Å². The summed E-state index contributed by atoms with van der Waals surface area (Å²) in [6.07, 6.45) is 2.15. The summed E-state index contributed by atoms with van der Waals surface area (Å²) in [6, 6.07) is 60.3. The number of benzene rings is 7. The van der Waals surface area contributed by atoms with Crippen LogP contribution in [-0.2, 0) is 13.5 Å². The van der Waals surface area contributed by atoms with Gasteiger partial charge >= 0.3 is 120 Å². The van der Waals surface area contributed by atoms with Gasteiger partial charge in [-0.3, -0.25) is 0 Å². The summed E-state index contributed by atoms with van der Waals surface area (Å²) in [6.45, 7) is 17.6. The van der Waals surface area contributed by atoms with Crippen molar-refractivity contribution >= 4 is 64.3 Å². The van der Waals surface area contributed by atoms with Gasteiger partial charge in [0.2, 0.25) is 0 Å². The van der Waals surface area contributed by atoms with Gasteiger partial charge in [-0.05, 0) is 100 Å². The van der Waals surface area contributed by atoms with Crippen LogP contribution in [0, 0.1) is 48.2 Å². The van der Waals surface area contributed by atoms with Gasteiger partial charge in [-0.1, -0.05) is 90.0 Å². The number of halogens is 2. The van der Waals surface area contributed by atoms with E-state index in [4.69, 9.17) is 19.4 Å². The van der Waals surface area contributed by atoms with E-state index in [2.05, 4.69) is 210 Å². The van der Waals surface area contributed by atoms with Crippen molar-refractivity contribution in [2.45, 2.75) is 41.5 Å². The van der Waals surface area contributed by atoms with Crippen LogP contribution in [-0.4, -0.2) is 17.2 Å². The first kappa shape index (κ1) is 43.5. The van der Waals surface area contributed by atoms with E-state index in [9.17, 15) is 0 Å². The quantitative estimate of drug-likeness (QED) is 0.0931. The third-order valence-corrected chi connectivity index (χ3v) is 16.7. The van der Waals surface area contributed by atoms with Crippen molar-refractivity contribution in [3.8, 4) is 0 Å². The molecule has 0 aromatic heterocycles. The largest absolute Gasteiger partial charge is 0.102 e. The van der Waals surface area contributed by atoms with Crippen LogP contribution in [0.4, 0.5) is 11.4 Å². The van der Waals surface area contributed by atoms with Gasteiger partial charge < -0.3 is 9.80 Å². The third kappa shape index (κ3) is 10.3. The zero-order valence-corrected chi connectivity index (χ0v) is 39.5. The molecule has 1 fully saturated rings. The van der Waals surface area contributed by atoms with Crippen molar-refractivity contribution < 1.29 is 13.5 Å². The molecule has 9 rings (SSSR count). The Morgan fingerprint density at radius 3 is 1.20 bits per heavy atom. The maximum Gasteiger partial charge on any atom is 0.102 e. The van der Waals surface area contributed by atoms with Crippen LogP contribution in [0.2, 0.25) is 0 Å². The fourth-order valence-electron chi connectivity index (χ4n) is 8.57. The van der Waals surface area contributed by atoms with Gasteiger partial charge in [-0.25, -0.2) is 0 Å². The van der Waals surface area contributed by atoms with Gasteiger partial charge in [-0.2, -0.15) is 6.67 Å². The SMILES string of the molecule is Cc1cc(C)c(N2[CH-]N(c3c(C)cc(C)cc3C)CC2)c(C)c1.[Cl][Ru]([Cl])=[C]1C=C(c2ccccc2)c2ccccc21.c1ccc([PH+](c2ccccc2)c2ccccc2)cc1. The second-order valence-electron chi connectivity index (χ2n) is 15.5. The molecule has 1 aliphatic heterocycles. The normalized spacial score (nSPS) is 13.2. The van der Waals surface area contributed by atoms with Crippen molar-refractivity contribution in [3.63, 3.8) is 0 Å². The molecule has 2 nitrogen and oxygen atoms in total. The van der Waals surface area contributed by atoms with Gasteiger partial charge in [0, 0.05) is 24.5 Å². The monoisotopic (exact) mass is 932 g/mol. The first-order chi connectivity index (χ1) is 29.1. The molecule has 1 heterocycles. The number of fused-ring (bicyclic) bond motifs is 1. The minimum absolute atomic E-state index is 0.877. The van der Waals surface area contributed by atoms with Crippen LogP contribution in [0.25, 0.3) is 5.57 Å². The van der Waals surface area contributed by atoms with Crippen LogP contribution in [0.3, 0.4) is 0 Å². The third-order valence-electron chi connectivity index (χ3n) is 10.9. The molecule has 60 heavy (non-hydrogen) atoms. The molecule has 0 spiro atoms. The summed E-state index contributed by atoms with van der Waals surface area (Å²) >= 11 is -1.88. The van der Waals surface area contributed by atoms with Gasteiger partial charge in [-0.15, -0.1) is 0 Å². The van der Waals surface area contributed by atoms with Crippen molar-refractivity contribution in [1.29, 1.82) is 0 Å². The van der Waals surface area contributed by atoms with Crippen molar-refractivity contribution in [2.75, 3.05) is 22.9 Å². The summed E-state index contributed by atoms with van der Waals surface area (Å²) in [5.74, 6) is 0. The molecule has 2 aliphatic rings. The van der Waals surface area contributed by atoms with Crippen molar-refractivity contribution in [2.24, 2.45) is 0 Å². The molecule has 7 aromatic carbocycles. The number of allylic oxidation sites excluding steroid dienone is 1. The molecule has 0 N–H and O–H groups in total. The topological polar surface area (TPSA) is 6.48 Å². The van der Waals surface area contributed by atoms with E-state index < -0.39 is 21.4 Å². The van der Waals surface area contributed by atoms with Crippen LogP contribution in [0.5, 0.6) is 0 Å². The van der Waals surface area contributed by atoms with Crippen LogP contribution >= 0.6 is 27.3 Å². The molecule has 1 saturated heterocycles. The van der Waals surface area contributed by atoms with Gasteiger partial charge in [0.1, 0.15) is 15.9 Å². The van der Waals surface area contributed by atoms with Crippen molar-refractivity contribution in [1.82, 2.24) is 0 Å². The molecule has 0 unspecified atom stereocenters. The first-order valence-electron chi connectivity index (χ1n) is 20.4. The molecular weight excluding hydrogens is 880 g/mol. The van der Waals surface area contributed by atoms with E-state index in [1.165, 1.54) is 82.9 Å². The Bertz CT molecular complexity index is 2400.